The molecule has 17 heavy (non-hydrogen) atoms. The van der Waals surface area contributed by atoms with Gasteiger partial charge in [0.25, 0.3) is 0 Å². The van der Waals surface area contributed by atoms with Gasteiger partial charge in [0.05, 0.1) is 6.42 Å². The van der Waals surface area contributed by atoms with Gasteiger partial charge in [-0.05, 0) is 17.2 Å². The molecule has 1 aromatic carbocycles. The summed E-state index contributed by atoms with van der Waals surface area (Å²) in [6.45, 7) is 0. The number of carbonyl (C=O) groups excluding carboxylic acids is 1. The van der Waals surface area contributed by atoms with Crippen molar-refractivity contribution in [3.63, 3.8) is 0 Å². The third-order valence-electron chi connectivity index (χ3n) is 2.77. The van der Waals surface area contributed by atoms with E-state index in [1.807, 2.05) is 18.2 Å². The highest BCUT2D eigenvalue weighted by molar-refractivity contribution is 6.01. The van der Waals surface area contributed by atoms with Gasteiger partial charge < -0.3 is 11.1 Å². The zero-order valence-electron chi connectivity index (χ0n) is 8.97. The summed E-state index contributed by atoms with van der Waals surface area (Å²) in [5, 5.41) is 2.81. The van der Waals surface area contributed by atoms with E-state index in [1.54, 1.807) is 12.4 Å². The highest BCUT2D eigenvalue weighted by atomic mass is 16.1. The number of rotatable bonds is 1. The highest BCUT2D eigenvalue weighted by Gasteiger charge is 2.21. The summed E-state index contributed by atoms with van der Waals surface area (Å²) in [4.78, 5) is 19.3. The molecule has 84 valence electrons. The Morgan fingerprint density at radius 1 is 1.24 bits per heavy atom. The molecule has 0 bridgehead atoms. The largest absolute Gasteiger partial charge is 0.368 e. The molecule has 2 aromatic rings. The maximum Gasteiger partial charge on any atom is 0.228 e. The second-order valence-electron chi connectivity index (χ2n) is 3.89. The number of anilines is 2. The topological polar surface area (TPSA) is 80.9 Å². The molecule has 2 heterocycles. The summed E-state index contributed by atoms with van der Waals surface area (Å²) in [6.07, 6.45) is 3.73. The second kappa shape index (κ2) is 3.55. The van der Waals surface area contributed by atoms with Gasteiger partial charge in [0.1, 0.15) is 0 Å². The number of carbonyl (C=O) groups is 1. The molecule has 3 N–H and O–H groups in total. The summed E-state index contributed by atoms with van der Waals surface area (Å²) in [5.41, 5.74) is 9.15. The number of hydrogen-bond donors (Lipinski definition) is 2. The van der Waals surface area contributed by atoms with Gasteiger partial charge in [0.2, 0.25) is 11.9 Å². The molecule has 1 aromatic heterocycles. The first-order valence-electron chi connectivity index (χ1n) is 5.23. The Bertz CT molecular complexity index is 592. The molecular formula is C12H10N4O. The first-order chi connectivity index (χ1) is 8.24. The van der Waals surface area contributed by atoms with E-state index in [0.717, 1.165) is 22.4 Å². The van der Waals surface area contributed by atoms with Gasteiger partial charge in [-0.15, -0.1) is 0 Å². The standard InChI is InChI=1S/C12H10N4O/c13-12-14-5-7(6-15-12)8-2-1-3-10-9(8)4-11(17)16-10/h1-3,5-6H,4H2,(H,16,17)(H2,13,14,15). The molecule has 5 nitrogen and oxygen atoms in total. The summed E-state index contributed by atoms with van der Waals surface area (Å²) < 4.78 is 0. The Balaban J connectivity index is 2.13. The van der Waals surface area contributed by atoms with Crippen molar-refractivity contribution < 1.29 is 4.79 Å². The average molecular weight is 226 g/mol. The van der Waals surface area contributed by atoms with Crippen LogP contribution in [0.4, 0.5) is 11.6 Å². The minimum Gasteiger partial charge on any atom is -0.368 e. The van der Waals surface area contributed by atoms with Crippen molar-refractivity contribution in [2.24, 2.45) is 0 Å². The van der Waals surface area contributed by atoms with Crippen molar-refractivity contribution in [3.8, 4) is 11.1 Å². The Morgan fingerprint density at radius 3 is 2.76 bits per heavy atom. The van der Waals surface area contributed by atoms with Gasteiger partial charge >= 0.3 is 0 Å². The first kappa shape index (κ1) is 9.77. The third-order valence-corrected chi connectivity index (χ3v) is 2.77. The fourth-order valence-electron chi connectivity index (χ4n) is 2.00. The maximum atomic E-state index is 11.4. The molecular weight excluding hydrogens is 216 g/mol. The SMILES string of the molecule is Nc1ncc(-c2cccc3c2CC(=O)N3)cn1. The van der Waals surface area contributed by atoms with Crippen LogP contribution < -0.4 is 11.1 Å². The van der Waals surface area contributed by atoms with Crippen LogP contribution in [0.5, 0.6) is 0 Å². The average Bonchev–Trinajstić information content (AvgIpc) is 2.70. The fourth-order valence-corrected chi connectivity index (χ4v) is 2.00. The summed E-state index contributed by atoms with van der Waals surface area (Å²) in [5.74, 6) is 0.263. The lowest BCUT2D eigenvalue weighted by molar-refractivity contribution is -0.115. The highest BCUT2D eigenvalue weighted by Crippen LogP contribution is 2.32. The number of fused-ring (bicyclic) bond motifs is 1. The van der Waals surface area contributed by atoms with Crippen molar-refractivity contribution in [3.05, 3.63) is 36.2 Å². The zero-order chi connectivity index (χ0) is 11.8. The van der Waals surface area contributed by atoms with Crippen LogP contribution in [-0.4, -0.2) is 15.9 Å². The van der Waals surface area contributed by atoms with Crippen LogP contribution in [0.2, 0.25) is 0 Å². The van der Waals surface area contributed by atoms with Crippen LogP contribution >= 0.6 is 0 Å². The maximum absolute atomic E-state index is 11.4. The molecule has 0 radical (unpaired) electrons. The Kier molecular flexibility index (Phi) is 2.04. The normalized spacial score (nSPS) is 13.3. The van der Waals surface area contributed by atoms with Crippen molar-refractivity contribution in [1.29, 1.82) is 0 Å². The number of nitrogen functional groups attached to an aromatic ring is 1. The van der Waals surface area contributed by atoms with Crippen molar-refractivity contribution in [2.45, 2.75) is 6.42 Å². The Labute approximate surface area is 97.7 Å². The molecule has 0 spiro atoms. The number of nitrogens with zero attached hydrogens (tertiary/aromatic N) is 2. The number of benzene rings is 1. The number of hydrogen-bond acceptors (Lipinski definition) is 4. The van der Waals surface area contributed by atoms with Gasteiger partial charge in [-0.3, -0.25) is 4.79 Å². The van der Waals surface area contributed by atoms with E-state index in [0.29, 0.717) is 6.42 Å². The van der Waals surface area contributed by atoms with Crippen LogP contribution in [0.25, 0.3) is 11.1 Å². The van der Waals surface area contributed by atoms with E-state index in [1.165, 1.54) is 0 Å². The Morgan fingerprint density at radius 2 is 2.00 bits per heavy atom. The molecule has 1 aliphatic heterocycles. The van der Waals surface area contributed by atoms with Gasteiger partial charge in [-0.25, -0.2) is 9.97 Å². The molecule has 0 saturated heterocycles. The monoisotopic (exact) mass is 226 g/mol. The van der Waals surface area contributed by atoms with Gasteiger partial charge in [0.15, 0.2) is 0 Å². The molecule has 5 heteroatoms. The van der Waals surface area contributed by atoms with Gasteiger partial charge in [0, 0.05) is 23.6 Å². The Hall–Kier alpha value is -2.43. The quantitative estimate of drug-likeness (QED) is 0.766. The molecule has 1 amide bonds. The summed E-state index contributed by atoms with van der Waals surface area (Å²) in [7, 11) is 0. The predicted molar refractivity (Wildman–Crippen MR) is 64.2 cm³/mol. The van der Waals surface area contributed by atoms with E-state index in [2.05, 4.69) is 15.3 Å². The summed E-state index contributed by atoms with van der Waals surface area (Å²) >= 11 is 0. The lowest BCUT2D eigenvalue weighted by Gasteiger charge is -2.06. The van der Waals surface area contributed by atoms with Gasteiger partial charge in [-0.2, -0.15) is 0 Å². The molecule has 0 unspecified atom stereocenters. The van der Waals surface area contributed by atoms with Gasteiger partial charge in [-0.1, -0.05) is 12.1 Å². The van der Waals surface area contributed by atoms with Crippen LogP contribution in [0.15, 0.2) is 30.6 Å². The van der Waals surface area contributed by atoms with Crippen LogP contribution in [0.1, 0.15) is 5.56 Å². The number of nitrogens with two attached hydrogens (primary N) is 1. The van der Waals surface area contributed by atoms with E-state index in [4.69, 9.17) is 5.73 Å². The van der Waals surface area contributed by atoms with E-state index in [-0.39, 0.29) is 11.9 Å². The van der Waals surface area contributed by atoms with E-state index in [9.17, 15) is 4.79 Å². The van der Waals surface area contributed by atoms with Crippen molar-refractivity contribution in [2.75, 3.05) is 11.1 Å². The second-order valence-corrected chi connectivity index (χ2v) is 3.89. The number of aromatic nitrogens is 2. The third kappa shape index (κ3) is 1.61. The van der Waals surface area contributed by atoms with Crippen LogP contribution in [-0.2, 0) is 11.2 Å². The smallest absolute Gasteiger partial charge is 0.228 e. The van der Waals surface area contributed by atoms with E-state index >= 15 is 0 Å². The summed E-state index contributed by atoms with van der Waals surface area (Å²) in [6, 6.07) is 5.74. The molecule has 0 saturated carbocycles. The van der Waals surface area contributed by atoms with Crippen LogP contribution in [0, 0.1) is 0 Å². The molecule has 0 fully saturated rings. The molecule has 3 rings (SSSR count). The van der Waals surface area contributed by atoms with Crippen LogP contribution in [0.3, 0.4) is 0 Å². The minimum atomic E-state index is 0.0174. The molecule has 0 aliphatic carbocycles. The first-order valence-corrected chi connectivity index (χ1v) is 5.23. The lowest BCUT2D eigenvalue weighted by atomic mass is 10.0. The number of nitrogens with one attached hydrogen (secondary N) is 1. The van der Waals surface area contributed by atoms with Crippen molar-refractivity contribution in [1.82, 2.24) is 9.97 Å². The molecule has 1 aliphatic rings. The molecule has 0 atom stereocenters. The van der Waals surface area contributed by atoms with E-state index < -0.39 is 0 Å². The zero-order valence-corrected chi connectivity index (χ0v) is 8.97. The van der Waals surface area contributed by atoms with Crippen molar-refractivity contribution >= 4 is 17.5 Å². The predicted octanol–water partition coefficient (Wildman–Crippen LogP) is 1.22. The minimum absolute atomic E-state index is 0.0174. The number of amides is 1. The fraction of sp³-hybridized carbons (Fsp3) is 0.0833. The lowest BCUT2D eigenvalue weighted by Crippen LogP contribution is -2.03.